The first-order valence-corrected chi connectivity index (χ1v) is 8.20. The number of amides is 3. The number of nitrogens with one attached hydrogen (secondary N) is 1. The van der Waals surface area contributed by atoms with Gasteiger partial charge < -0.3 is 5.32 Å². The van der Waals surface area contributed by atoms with Crippen molar-refractivity contribution in [3.8, 4) is 0 Å². The molecule has 2 aromatic carbocycles. The van der Waals surface area contributed by atoms with E-state index in [-0.39, 0.29) is 16.8 Å². The Morgan fingerprint density at radius 3 is 1.89 bits per heavy atom. The number of carbonyl (C=O) groups is 3. The van der Waals surface area contributed by atoms with Crippen LogP contribution in [0.1, 0.15) is 33.2 Å². The van der Waals surface area contributed by atoms with Crippen LogP contribution in [0.3, 0.4) is 0 Å². The summed E-state index contributed by atoms with van der Waals surface area (Å²) in [5.74, 6) is -2.64. The molecule has 1 N–H and O–H groups in total. The summed E-state index contributed by atoms with van der Waals surface area (Å²) in [4.78, 5) is 38.1. The van der Waals surface area contributed by atoms with Crippen molar-refractivity contribution in [3.63, 3.8) is 0 Å². The second kappa shape index (κ2) is 7.06. The van der Waals surface area contributed by atoms with E-state index in [1.807, 2.05) is 0 Å². The van der Waals surface area contributed by atoms with E-state index in [1.54, 1.807) is 0 Å². The molecule has 1 aliphatic rings. The lowest BCUT2D eigenvalue weighted by Crippen LogP contribution is -2.51. The van der Waals surface area contributed by atoms with E-state index in [0.717, 1.165) is 31.2 Å². The van der Waals surface area contributed by atoms with Crippen LogP contribution < -0.4 is 5.32 Å². The third-order valence-electron chi connectivity index (χ3n) is 4.29. The maximum atomic E-state index is 14.2. The molecule has 146 valence electrons. The molecule has 0 aliphatic carbocycles. The zero-order chi connectivity index (χ0) is 20.6. The number of imide groups is 1. The SMILES string of the molecule is C[C@H](F)[C@@H](C(=O)Nc1ccc(C(F)(F)F)cc1)N1C(=O)c2ccccc2C1=O. The van der Waals surface area contributed by atoms with Crippen molar-refractivity contribution >= 4 is 23.4 Å². The van der Waals surface area contributed by atoms with Crippen LogP contribution in [0, 0.1) is 0 Å². The molecule has 5 nitrogen and oxygen atoms in total. The van der Waals surface area contributed by atoms with Crippen LogP contribution >= 0.6 is 0 Å². The highest BCUT2D eigenvalue weighted by Crippen LogP contribution is 2.30. The molecule has 0 fully saturated rings. The smallest absolute Gasteiger partial charge is 0.324 e. The summed E-state index contributed by atoms with van der Waals surface area (Å²) in [7, 11) is 0. The topological polar surface area (TPSA) is 66.5 Å². The molecule has 0 saturated heterocycles. The van der Waals surface area contributed by atoms with E-state index in [4.69, 9.17) is 0 Å². The van der Waals surface area contributed by atoms with Gasteiger partial charge in [-0.1, -0.05) is 12.1 Å². The fraction of sp³-hybridized carbons (Fsp3) is 0.211. The van der Waals surface area contributed by atoms with E-state index in [1.165, 1.54) is 24.3 Å². The monoisotopic (exact) mass is 394 g/mol. The van der Waals surface area contributed by atoms with Gasteiger partial charge in [0.15, 0.2) is 0 Å². The molecule has 2 atom stereocenters. The normalized spacial score (nSPS) is 16.0. The Kier molecular flexibility index (Phi) is 4.93. The molecular formula is C19H14F4N2O3. The quantitative estimate of drug-likeness (QED) is 0.636. The van der Waals surface area contributed by atoms with E-state index < -0.39 is 41.7 Å². The summed E-state index contributed by atoms with van der Waals surface area (Å²) in [6, 6.07) is 7.60. The molecule has 0 saturated carbocycles. The molecule has 3 amide bonds. The minimum Gasteiger partial charge on any atom is -0.324 e. The predicted octanol–water partition coefficient (Wildman–Crippen LogP) is 3.67. The van der Waals surface area contributed by atoms with Crippen molar-refractivity contribution in [2.45, 2.75) is 25.3 Å². The Balaban J connectivity index is 1.84. The lowest BCUT2D eigenvalue weighted by Gasteiger charge is -2.26. The van der Waals surface area contributed by atoms with Crippen molar-refractivity contribution in [2.75, 3.05) is 5.32 Å². The van der Waals surface area contributed by atoms with Gasteiger partial charge in [-0.15, -0.1) is 0 Å². The molecule has 0 aromatic heterocycles. The highest BCUT2D eigenvalue weighted by atomic mass is 19.4. The fourth-order valence-corrected chi connectivity index (χ4v) is 2.95. The average molecular weight is 394 g/mol. The number of benzene rings is 2. The van der Waals surface area contributed by atoms with Gasteiger partial charge in [0, 0.05) is 5.69 Å². The van der Waals surface area contributed by atoms with Gasteiger partial charge in [0.2, 0.25) is 0 Å². The highest BCUT2D eigenvalue weighted by molar-refractivity contribution is 6.23. The van der Waals surface area contributed by atoms with Crippen molar-refractivity contribution < 1.29 is 31.9 Å². The molecule has 0 unspecified atom stereocenters. The molecule has 3 rings (SSSR count). The van der Waals surface area contributed by atoms with Gasteiger partial charge in [0.25, 0.3) is 17.7 Å². The number of alkyl halides is 4. The Labute approximate surface area is 156 Å². The zero-order valence-corrected chi connectivity index (χ0v) is 14.5. The van der Waals surface area contributed by atoms with Crippen LogP contribution in [-0.4, -0.2) is 34.8 Å². The number of hydrogen-bond donors (Lipinski definition) is 1. The van der Waals surface area contributed by atoms with Crippen LogP contribution in [0.2, 0.25) is 0 Å². The van der Waals surface area contributed by atoms with Gasteiger partial charge in [-0.3, -0.25) is 19.3 Å². The van der Waals surface area contributed by atoms with Crippen molar-refractivity contribution in [3.05, 3.63) is 65.2 Å². The van der Waals surface area contributed by atoms with E-state index in [2.05, 4.69) is 5.32 Å². The molecule has 1 heterocycles. The van der Waals surface area contributed by atoms with Crippen molar-refractivity contribution in [1.29, 1.82) is 0 Å². The van der Waals surface area contributed by atoms with E-state index in [9.17, 15) is 31.9 Å². The number of carbonyl (C=O) groups excluding carboxylic acids is 3. The largest absolute Gasteiger partial charge is 0.416 e. The maximum absolute atomic E-state index is 14.2. The van der Waals surface area contributed by atoms with Crippen LogP contribution in [0.5, 0.6) is 0 Å². The third-order valence-corrected chi connectivity index (χ3v) is 4.29. The Bertz CT molecular complexity index is 904. The second-order valence-corrected chi connectivity index (χ2v) is 6.21. The summed E-state index contributed by atoms with van der Waals surface area (Å²) in [6.07, 6.45) is -6.45. The van der Waals surface area contributed by atoms with Crippen LogP contribution in [-0.2, 0) is 11.0 Å². The number of hydrogen-bond acceptors (Lipinski definition) is 3. The second-order valence-electron chi connectivity index (χ2n) is 6.21. The summed E-state index contributed by atoms with van der Waals surface area (Å²) in [6.45, 7) is 1.01. The summed E-state index contributed by atoms with van der Waals surface area (Å²) >= 11 is 0. The molecule has 9 heteroatoms. The molecule has 0 bridgehead atoms. The molecule has 0 spiro atoms. The molecule has 1 aliphatic heterocycles. The number of halogens is 4. The first kappa shape index (κ1) is 19.5. The van der Waals surface area contributed by atoms with Crippen LogP contribution in [0.15, 0.2) is 48.5 Å². The number of anilines is 1. The number of rotatable bonds is 4. The predicted molar refractivity (Wildman–Crippen MR) is 91.4 cm³/mol. The number of fused-ring (bicyclic) bond motifs is 1. The van der Waals surface area contributed by atoms with Gasteiger partial charge >= 0.3 is 6.18 Å². The summed E-state index contributed by atoms with van der Waals surface area (Å²) < 4.78 is 52.1. The van der Waals surface area contributed by atoms with Crippen molar-refractivity contribution in [2.24, 2.45) is 0 Å². The number of nitrogens with zero attached hydrogens (tertiary/aromatic N) is 1. The first-order chi connectivity index (χ1) is 13.1. The van der Waals surface area contributed by atoms with Crippen molar-refractivity contribution in [1.82, 2.24) is 4.90 Å². The Morgan fingerprint density at radius 1 is 0.964 bits per heavy atom. The standard InChI is InChI=1S/C19H14F4N2O3/c1-10(20)15(25-17(27)13-4-2-3-5-14(13)18(25)28)16(26)24-12-8-6-11(7-9-12)19(21,22)23/h2-10,15H,1H3,(H,24,26)/t10-,15-/m0/s1. The average Bonchev–Trinajstić information content (AvgIpc) is 2.87. The first-order valence-electron chi connectivity index (χ1n) is 8.20. The molecule has 2 aromatic rings. The van der Waals surface area contributed by atoms with Crippen LogP contribution in [0.4, 0.5) is 23.2 Å². The lowest BCUT2D eigenvalue weighted by atomic mass is 10.1. The zero-order valence-electron chi connectivity index (χ0n) is 14.5. The summed E-state index contributed by atoms with van der Waals surface area (Å²) in [5, 5.41) is 2.25. The van der Waals surface area contributed by atoms with Gasteiger partial charge in [-0.25, -0.2) is 4.39 Å². The van der Waals surface area contributed by atoms with Gasteiger partial charge in [-0.05, 0) is 43.3 Å². The maximum Gasteiger partial charge on any atom is 0.416 e. The summed E-state index contributed by atoms with van der Waals surface area (Å²) in [5.41, 5.74) is -0.831. The Morgan fingerprint density at radius 2 is 1.46 bits per heavy atom. The minimum absolute atomic E-state index is 0.0275. The van der Waals surface area contributed by atoms with E-state index >= 15 is 0 Å². The minimum atomic E-state index is -4.54. The molecule has 0 radical (unpaired) electrons. The van der Waals surface area contributed by atoms with Gasteiger partial charge in [0.1, 0.15) is 12.2 Å². The third kappa shape index (κ3) is 3.47. The van der Waals surface area contributed by atoms with Gasteiger partial charge in [-0.2, -0.15) is 13.2 Å². The van der Waals surface area contributed by atoms with E-state index in [0.29, 0.717) is 4.90 Å². The lowest BCUT2D eigenvalue weighted by molar-refractivity contribution is -0.137. The van der Waals surface area contributed by atoms with Gasteiger partial charge in [0.05, 0.1) is 16.7 Å². The van der Waals surface area contributed by atoms with Crippen LogP contribution in [0.25, 0.3) is 0 Å². The highest BCUT2D eigenvalue weighted by Gasteiger charge is 2.45. The Hall–Kier alpha value is -3.23. The molecule has 28 heavy (non-hydrogen) atoms. The molecular weight excluding hydrogens is 380 g/mol. The fourth-order valence-electron chi connectivity index (χ4n) is 2.95.